The normalized spacial score (nSPS) is 16.1. The summed E-state index contributed by atoms with van der Waals surface area (Å²) in [4.78, 5) is 0. The first-order valence-corrected chi connectivity index (χ1v) is 4.50. The van der Waals surface area contributed by atoms with Crippen LogP contribution >= 0.6 is 0 Å². The number of nitrogens with one attached hydrogen (secondary N) is 1. The summed E-state index contributed by atoms with van der Waals surface area (Å²) in [6.07, 6.45) is 0.199. The summed E-state index contributed by atoms with van der Waals surface area (Å²) in [6.45, 7) is 1.69. The third-order valence-corrected chi connectivity index (χ3v) is 2.17. The van der Waals surface area contributed by atoms with Gasteiger partial charge in [0.1, 0.15) is 11.9 Å². The van der Waals surface area contributed by atoms with Crippen molar-refractivity contribution in [2.75, 3.05) is 20.2 Å². The van der Waals surface area contributed by atoms with Gasteiger partial charge in [-0.15, -0.1) is 0 Å². The first-order chi connectivity index (χ1) is 6.79. The molecule has 2 rings (SSSR count). The zero-order chi connectivity index (χ0) is 9.97. The highest BCUT2D eigenvalue weighted by atomic mass is 19.1. The van der Waals surface area contributed by atoms with E-state index in [1.54, 1.807) is 12.1 Å². The topological polar surface area (TPSA) is 30.5 Å². The third kappa shape index (κ3) is 1.80. The predicted molar refractivity (Wildman–Crippen MR) is 50.2 cm³/mol. The number of halogens is 1. The molecule has 0 bridgehead atoms. The largest absolute Gasteiger partial charge is 0.494 e. The van der Waals surface area contributed by atoms with E-state index in [9.17, 15) is 4.39 Å². The van der Waals surface area contributed by atoms with Gasteiger partial charge >= 0.3 is 0 Å². The molecule has 1 aromatic carbocycles. The third-order valence-electron chi connectivity index (χ3n) is 2.17. The molecule has 1 fully saturated rings. The molecule has 1 saturated heterocycles. The fraction of sp³-hybridized carbons (Fsp3) is 0.400. The van der Waals surface area contributed by atoms with E-state index in [4.69, 9.17) is 9.47 Å². The van der Waals surface area contributed by atoms with Gasteiger partial charge in [0, 0.05) is 19.2 Å². The molecule has 1 N–H and O–H groups in total. The van der Waals surface area contributed by atoms with Crippen molar-refractivity contribution >= 4 is 0 Å². The minimum Gasteiger partial charge on any atom is -0.494 e. The van der Waals surface area contributed by atoms with Crippen LogP contribution in [0.3, 0.4) is 0 Å². The van der Waals surface area contributed by atoms with E-state index in [0.29, 0.717) is 5.75 Å². The lowest BCUT2D eigenvalue weighted by Gasteiger charge is -2.27. The van der Waals surface area contributed by atoms with E-state index in [2.05, 4.69) is 5.32 Å². The van der Waals surface area contributed by atoms with Crippen molar-refractivity contribution in [3.05, 3.63) is 24.0 Å². The average Bonchev–Trinajstić information content (AvgIpc) is 2.14. The Morgan fingerprint density at radius 2 is 2.21 bits per heavy atom. The maximum atomic E-state index is 13.0. The van der Waals surface area contributed by atoms with Crippen LogP contribution in [0, 0.1) is 5.82 Å². The van der Waals surface area contributed by atoms with Crippen LogP contribution in [-0.4, -0.2) is 26.3 Å². The van der Waals surface area contributed by atoms with E-state index in [0.717, 1.165) is 13.1 Å². The Kier molecular flexibility index (Phi) is 2.54. The Morgan fingerprint density at radius 3 is 2.79 bits per heavy atom. The maximum Gasteiger partial charge on any atom is 0.165 e. The molecule has 76 valence electrons. The van der Waals surface area contributed by atoms with Gasteiger partial charge in [-0.25, -0.2) is 4.39 Å². The van der Waals surface area contributed by atoms with Crippen molar-refractivity contribution in [3.63, 3.8) is 0 Å². The van der Waals surface area contributed by atoms with E-state index in [1.165, 1.54) is 13.2 Å². The van der Waals surface area contributed by atoms with Gasteiger partial charge in [0.2, 0.25) is 0 Å². The van der Waals surface area contributed by atoms with Gasteiger partial charge < -0.3 is 14.8 Å². The first kappa shape index (κ1) is 9.27. The second kappa shape index (κ2) is 3.84. The highest BCUT2D eigenvalue weighted by Crippen LogP contribution is 2.24. The summed E-state index contributed by atoms with van der Waals surface area (Å²) in [5.74, 6) is 0.496. The van der Waals surface area contributed by atoms with Crippen LogP contribution in [0.1, 0.15) is 0 Å². The Hall–Kier alpha value is -1.29. The molecule has 0 unspecified atom stereocenters. The molecule has 0 saturated carbocycles. The van der Waals surface area contributed by atoms with E-state index in [1.807, 2.05) is 0 Å². The van der Waals surface area contributed by atoms with Crippen LogP contribution in [0.25, 0.3) is 0 Å². The smallest absolute Gasteiger partial charge is 0.165 e. The van der Waals surface area contributed by atoms with Crippen LogP contribution in [0.5, 0.6) is 11.5 Å². The van der Waals surface area contributed by atoms with Crippen LogP contribution in [0.4, 0.5) is 4.39 Å². The average molecular weight is 197 g/mol. The monoisotopic (exact) mass is 197 g/mol. The van der Waals surface area contributed by atoms with Gasteiger partial charge in [0.25, 0.3) is 0 Å². The maximum absolute atomic E-state index is 13.0. The van der Waals surface area contributed by atoms with Gasteiger partial charge in [-0.1, -0.05) is 0 Å². The molecular weight excluding hydrogens is 185 g/mol. The summed E-state index contributed by atoms with van der Waals surface area (Å²) in [7, 11) is 1.44. The zero-order valence-corrected chi connectivity index (χ0v) is 7.92. The number of benzene rings is 1. The molecule has 1 aliphatic rings. The Labute approximate surface area is 81.8 Å². The second-order valence-corrected chi connectivity index (χ2v) is 3.19. The summed E-state index contributed by atoms with van der Waals surface area (Å²) in [5, 5.41) is 3.09. The standard InChI is InChI=1S/C10H12FNO2/c1-13-10-4-7(2-3-9(10)11)14-8-5-12-6-8/h2-4,8,12H,5-6H2,1H3. The predicted octanol–water partition coefficient (Wildman–Crippen LogP) is 1.18. The van der Waals surface area contributed by atoms with Gasteiger partial charge in [0.05, 0.1) is 7.11 Å². The van der Waals surface area contributed by atoms with Crippen LogP contribution in [0.15, 0.2) is 18.2 Å². The van der Waals surface area contributed by atoms with Gasteiger partial charge in [-0.05, 0) is 12.1 Å². The summed E-state index contributed by atoms with van der Waals surface area (Å²) in [5.41, 5.74) is 0. The summed E-state index contributed by atoms with van der Waals surface area (Å²) < 4.78 is 23.4. The fourth-order valence-corrected chi connectivity index (χ4v) is 1.25. The van der Waals surface area contributed by atoms with Crippen LogP contribution < -0.4 is 14.8 Å². The van der Waals surface area contributed by atoms with Gasteiger partial charge in [0.15, 0.2) is 11.6 Å². The van der Waals surface area contributed by atoms with E-state index < -0.39 is 0 Å². The molecule has 1 heterocycles. The minimum atomic E-state index is -0.369. The molecule has 0 radical (unpaired) electrons. The number of ether oxygens (including phenoxy) is 2. The van der Waals surface area contributed by atoms with Crippen LogP contribution in [-0.2, 0) is 0 Å². The molecule has 14 heavy (non-hydrogen) atoms. The van der Waals surface area contributed by atoms with Crippen molar-refractivity contribution in [2.24, 2.45) is 0 Å². The highest BCUT2D eigenvalue weighted by Gasteiger charge is 2.18. The Morgan fingerprint density at radius 1 is 1.43 bits per heavy atom. The molecule has 0 spiro atoms. The first-order valence-electron chi connectivity index (χ1n) is 4.50. The van der Waals surface area contributed by atoms with Crippen molar-refractivity contribution in [2.45, 2.75) is 6.10 Å². The molecule has 0 atom stereocenters. The molecule has 3 nitrogen and oxygen atoms in total. The van der Waals surface area contributed by atoms with Crippen molar-refractivity contribution in [3.8, 4) is 11.5 Å². The zero-order valence-electron chi connectivity index (χ0n) is 7.92. The number of rotatable bonds is 3. The van der Waals surface area contributed by atoms with Crippen molar-refractivity contribution in [1.82, 2.24) is 5.32 Å². The molecule has 1 aliphatic heterocycles. The van der Waals surface area contributed by atoms with Gasteiger partial charge in [-0.3, -0.25) is 0 Å². The second-order valence-electron chi connectivity index (χ2n) is 3.19. The highest BCUT2D eigenvalue weighted by molar-refractivity contribution is 5.34. The SMILES string of the molecule is COc1cc(OC2CNC2)ccc1F. The van der Waals surface area contributed by atoms with Crippen LogP contribution in [0.2, 0.25) is 0 Å². The number of methoxy groups -OCH3 is 1. The van der Waals surface area contributed by atoms with Gasteiger partial charge in [-0.2, -0.15) is 0 Å². The number of hydrogen-bond donors (Lipinski definition) is 1. The minimum absolute atomic E-state index is 0.199. The van der Waals surface area contributed by atoms with E-state index in [-0.39, 0.29) is 17.7 Å². The quantitative estimate of drug-likeness (QED) is 0.789. The summed E-state index contributed by atoms with van der Waals surface area (Å²) >= 11 is 0. The summed E-state index contributed by atoms with van der Waals surface area (Å²) in [6, 6.07) is 4.52. The van der Waals surface area contributed by atoms with E-state index >= 15 is 0 Å². The molecule has 0 amide bonds. The van der Waals surface area contributed by atoms with Crippen molar-refractivity contribution in [1.29, 1.82) is 0 Å². The Balaban J connectivity index is 2.09. The molecule has 1 aromatic rings. The molecule has 0 aromatic heterocycles. The lowest BCUT2D eigenvalue weighted by Crippen LogP contribution is -2.50. The lowest BCUT2D eigenvalue weighted by atomic mass is 10.2. The fourth-order valence-electron chi connectivity index (χ4n) is 1.25. The van der Waals surface area contributed by atoms with Crippen molar-refractivity contribution < 1.29 is 13.9 Å². The Bertz CT molecular complexity index is 326. The number of hydrogen-bond acceptors (Lipinski definition) is 3. The molecule has 4 heteroatoms. The molecular formula is C10H12FNO2. The molecule has 0 aliphatic carbocycles. The lowest BCUT2D eigenvalue weighted by molar-refractivity contribution is 0.141.